The van der Waals surface area contributed by atoms with Gasteiger partial charge in [0.1, 0.15) is 0 Å². The number of aryl methyl sites for hydroxylation is 1. The predicted molar refractivity (Wildman–Crippen MR) is 64.0 cm³/mol. The van der Waals surface area contributed by atoms with Gasteiger partial charge >= 0.3 is 0 Å². The summed E-state index contributed by atoms with van der Waals surface area (Å²) in [4.78, 5) is 0.349. The average Bonchev–Trinajstić information content (AvgIpc) is 2.17. The zero-order chi connectivity index (χ0) is 12.2. The first-order valence-corrected chi connectivity index (χ1v) is 6.59. The minimum absolute atomic E-state index is 0.0100. The van der Waals surface area contributed by atoms with Crippen LogP contribution in [-0.2, 0) is 14.6 Å². The van der Waals surface area contributed by atoms with Crippen LogP contribution in [0.15, 0.2) is 41.0 Å². The fraction of sp³-hybridized carbons (Fsp3) is 0.333. The molecule has 88 valence electrons. The normalized spacial score (nSPS) is 12.6. The second kappa shape index (κ2) is 5.16. The van der Waals surface area contributed by atoms with E-state index in [1.807, 2.05) is 6.92 Å². The van der Waals surface area contributed by atoms with E-state index < -0.39 is 9.84 Å². The van der Waals surface area contributed by atoms with Crippen molar-refractivity contribution in [3.8, 4) is 0 Å². The summed E-state index contributed by atoms with van der Waals surface area (Å²) >= 11 is 0. The lowest BCUT2D eigenvalue weighted by Gasteiger charge is -2.05. The first-order valence-electron chi connectivity index (χ1n) is 4.93. The predicted octanol–water partition coefficient (Wildman–Crippen LogP) is 2.32. The van der Waals surface area contributed by atoms with Gasteiger partial charge in [0.2, 0.25) is 0 Å². The van der Waals surface area contributed by atoms with Crippen molar-refractivity contribution < 1.29 is 13.2 Å². The maximum Gasteiger partial charge on any atom is 0.182 e. The van der Waals surface area contributed by atoms with Gasteiger partial charge in [0.05, 0.1) is 24.0 Å². The molecule has 1 aromatic rings. The highest BCUT2D eigenvalue weighted by Crippen LogP contribution is 2.14. The van der Waals surface area contributed by atoms with Crippen molar-refractivity contribution in [2.24, 2.45) is 0 Å². The minimum atomic E-state index is -3.25. The van der Waals surface area contributed by atoms with Crippen LogP contribution in [0, 0.1) is 6.92 Å². The van der Waals surface area contributed by atoms with Gasteiger partial charge in [-0.15, -0.1) is 0 Å². The average molecular weight is 240 g/mol. The molecule has 0 unspecified atom stereocenters. The second-order valence-corrected chi connectivity index (χ2v) is 5.76. The van der Waals surface area contributed by atoms with Crippen LogP contribution in [0.1, 0.15) is 12.5 Å². The molecule has 0 amide bonds. The van der Waals surface area contributed by atoms with Crippen molar-refractivity contribution in [1.29, 1.82) is 0 Å². The first-order chi connectivity index (χ1) is 7.45. The van der Waals surface area contributed by atoms with E-state index in [4.69, 9.17) is 4.74 Å². The molecule has 3 nitrogen and oxygen atoms in total. The van der Waals surface area contributed by atoms with E-state index in [9.17, 15) is 8.42 Å². The second-order valence-electron chi connectivity index (χ2n) is 3.77. The Morgan fingerprint density at radius 1 is 1.31 bits per heavy atom. The van der Waals surface area contributed by atoms with Crippen molar-refractivity contribution in [1.82, 2.24) is 0 Å². The summed E-state index contributed by atoms with van der Waals surface area (Å²) in [5.41, 5.74) is 1.73. The zero-order valence-electron chi connectivity index (χ0n) is 9.73. The molecule has 1 rings (SSSR count). The maximum atomic E-state index is 11.9. The van der Waals surface area contributed by atoms with Gasteiger partial charge in [0.15, 0.2) is 9.84 Å². The van der Waals surface area contributed by atoms with Gasteiger partial charge in [0, 0.05) is 0 Å². The zero-order valence-corrected chi connectivity index (χ0v) is 10.5. The van der Waals surface area contributed by atoms with Crippen LogP contribution in [0.5, 0.6) is 0 Å². The highest BCUT2D eigenvalue weighted by molar-refractivity contribution is 7.91. The smallest absolute Gasteiger partial charge is 0.182 e. The summed E-state index contributed by atoms with van der Waals surface area (Å²) < 4.78 is 28.6. The third-order valence-corrected chi connectivity index (χ3v) is 3.94. The number of sulfone groups is 1. The lowest BCUT2D eigenvalue weighted by molar-refractivity contribution is 0.334. The van der Waals surface area contributed by atoms with Gasteiger partial charge in [-0.3, -0.25) is 0 Å². The van der Waals surface area contributed by atoms with E-state index in [0.717, 1.165) is 5.56 Å². The van der Waals surface area contributed by atoms with E-state index in [1.54, 1.807) is 31.2 Å². The molecule has 0 aliphatic rings. The quantitative estimate of drug-likeness (QED) is 0.759. The fourth-order valence-electron chi connectivity index (χ4n) is 1.36. The highest BCUT2D eigenvalue weighted by Gasteiger charge is 2.14. The largest absolute Gasteiger partial charge is 0.504 e. The fourth-order valence-corrected chi connectivity index (χ4v) is 2.75. The van der Waals surface area contributed by atoms with Gasteiger partial charge in [-0.1, -0.05) is 17.7 Å². The SMILES string of the molecule is CO/C=C(\C)CS(=O)(=O)c1ccc(C)cc1. The van der Waals surface area contributed by atoms with Crippen molar-refractivity contribution in [2.75, 3.05) is 12.9 Å². The molecule has 0 spiro atoms. The van der Waals surface area contributed by atoms with Crippen LogP contribution >= 0.6 is 0 Å². The molecule has 16 heavy (non-hydrogen) atoms. The Bertz CT molecular complexity index is 469. The van der Waals surface area contributed by atoms with Gasteiger partial charge in [-0.2, -0.15) is 0 Å². The van der Waals surface area contributed by atoms with Crippen LogP contribution in [0.4, 0.5) is 0 Å². The topological polar surface area (TPSA) is 43.4 Å². The summed E-state index contributed by atoms with van der Waals surface area (Å²) in [6, 6.07) is 6.85. The van der Waals surface area contributed by atoms with Gasteiger partial charge in [0.25, 0.3) is 0 Å². The van der Waals surface area contributed by atoms with Crippen LogP contribution in [0.25, 0.3) is 0 Å². The lowest BCUT2D eigenvalue weighted by atomic mass is 10.2. The molecule has 0 radical (unpaired) electrons. The van der Waals surface area contributed by atoms with Crippen molar-refractivity contribution in [3.05, 3.63) is 41.7 Å². The molecule has 0 heterocycles. The molecule has 1 aromatic carbocycles. The number of benzene rings is 1. The summed E-state index contributed by atoms with van der Waals surface area (Å²) in [5.74, 6) is -0.0100. The molecule has 0 saturated heterocycles. The molecule has 0 fully saturated rings. The number of rotatable bonds is 4. The molecule has 0 aromatic heterocycles. The third kappa shape index (κ3) is 3.38. The summed E-state index contributed by atoms with van der Waals surface area (Å²) in [6.45, 7) is 3.65. The standard InChI is InChI=1S/C12H16O3S/c1-10-4-6-12(7-5-10)16(13,14)9-11(2)8-15-3/h4-8H,9H2,1-3H3/b11-8+. The van der Waals surface area contributed by atoms with Gasteiger partial charge in [-0.25, -0.2) is 8.42 Å². The summed E-state index contributed by atoms with van der Waals surface area (Å²) in [5, 5.41) is 0. The molecule has 0 aliphatic heterocycles. The Balaban J connectivity index is 2.95. The van der Waals surface area contributed by atoms with Gasteiger partial charge in [-0.05, 0) is 31.6 Å². The molecule has 0 atom stereocenters. The Hall–Kier alpha value is -1.29. The van der Waals surface area contributed by atoms with Gasteiger partial charge < -0.3 is 4.74 Å². The monoisotopic (exact) mass is 240 g/mol. The lowest BCUT2D eigenvalue weighted by Crippen LogP contribution is -2.08. The third-order valence-electron chi connectivity index (χ3n) is 2.12. The number of hydrogen-bond donors (Lipinski definition) is 0. The molecule has 4 heteroatoms. The summed E-state index contributed by atoms with van der Waals surface area (Å²) in [6.07, 6.45) is 1.45. The number of ether oxygens (including phenoxy) is 1. The molecular formula is C12H16O3S. The van der Waals surface area contributed by atoms with Crippen LogP contribution < -0.4 is 0 Å². The Labute approximate surface area is 96.7 Å². The Morgan fingerprint density at radius 3 is 2.38 bits per heavy atom. The molecule has 0 aliphatic carbocycles. The van der Waals surface area contributed by atoms with E-state index in [-0.39, 0.29) is 5.75 Å². The van der Waals surface area contributed by atoms with Crippen LogP contribution in [-0.4, -0.2) is 21.3 Å². The van der Waals surface area contributed by atoms with Crippen molar-refractivity contribution in [3.63, 3.8) is 0 Å². The molecule has 0 N–H and O–H groups in total. The number of methoxy groups -OCH3 is 1. The Kier molecular flexibility index (Phi) is 4.12. The molecule has 0 saturated carbocycles. The molecule has 0 bridgehead atoms. The minimum Gasteiger partial charge on any atom is -0.504 e. The van der Waals surface area contributed by atoms with Crippen LogP contribution in [0.3, 0.4) is 0 Å². The van der Waals surface area contributed by atoms with E-state index >= 15 is 0 Å². The van der Waals surface area contributed by atoms with Crippen molar-refractivity contribution in [2.45, 2.75) is 18.7 Å². The first kappa shape index (κ1) is 12.8. The van der Waals surface area contributed by atoms with Crippen molar-refractivity contribution >= 4 is 9.84 Å². The van der Waals surface area contributed by atoms with Crippen LogP contribution in [0.2, 0.25) is 0 Å². The summed E-state index contributed by atoms with van der Waals surface area (Å²) in [7, 11) is -1.74. The molecular weight excluding hydrogens is 224 g/mol. The maximum absolute atomic E-state index is 11.9. The highest BCUT2D eigenvalue weighted by atomic mass is 32.2. The number of hydrogen-bond acceptors (Lipinski definition) is 3. The van der Waals surface area contributed by atoms with E-state index in [2.05, 4.69) is 0 Å². The van der Waals surface area contributed by atoms with E-state index in [0.29, 0.717) is 10.5 Å². The van der Waals surface area contributed by atoms with E-state index in [1.165, 1.54) is 13.4 Å². The Morgan fingerprint density at radius 2 is 1.88 bits per heavy atom.